The van der Waals surface area contributed by atoms with Crippen LogP contribution in [-0.2, 0) is 21.4 Å². The Balaban J connectivity index is 1.68. The third-order valence-electron chi connectivity index (χ3n) is 4.43. The number of fused-ring (bicyclic) bond motifs is 1. The number of amides is 1. The number of hydrogen-bond acceptors (Lipinski definition) is 7. The Bertz CT molecular complexity index is 1040. The van der Waals surface area contributed by atoms with Gasteiger partial charge in [0.15, 0.2) is 23.0 Å². The van der Waals surface area contributed by atoms with Crippen molar-refractivity contribution in [3.05, 3.63) is 42.0 Å². The lowest BCUT2D eigenvalue weighted by Gasteiger charge is -2.22. The molecule has 1 heterocycles. The molecule has 0 unspecified atom stereocenters. The zero-order chi connectivity index (χ0) is 22.4. The van der Waals surface area contributed by atoms with E-state index in [0.717, 1.165) is 16.1 Å². The second kappa shape index (κ2) is 9.78. The monoisotopic (exact) mass is 450 g/mol. The van der Waals surface area contributed by atoms with E-state index in [0.29, 0.717) is 41.9 Å². The molecule has 10 heteroatoms. The molecule has 3 rings (SSSR count). The lowest BCUT2D eigenvalue weighted by Crippen LogP contribution is -2.40. The largest absolute Gasteiger partial charge is 0.490 e. The molecule has 0 saturated heterocycles. The Morgan fingerprint density at radius 2 is 1.74 bits per heavy atom. The molecule has 0 aromatic heterocycles. The van der Waals surface area contributed by atoms with E-state index in [4.69, 9.17) is 18.9 Å². The van der Waals surface area contributed by atoms with Gasteiger partial charge in [0.2, 0.25) is 22.7 Å². The molecule has 1 amide bonds. The molecule has 0 spiro atoms. The third-order valence-corrected chi connectivity index (χ3v) is 5.57. The van der Waals surface area contributed by atoms with Crippen LogP contribution >= 0.6 is 0 Å². The molecule has 2 aromatic carbocycles. The third kappa shape index (κ3) is 5.72. The Morgan fingerprint density at radius 1 is 1.03 bits per heavy atom. The Hall–Kier alpha value is -3.14. The molecule has 0 bridgehead atoms. The first-order chi connectivity index (χ1) is 14.8. The Kier molecular flexibility index (Phi) is 7.11. The van der Waals surface area contributed by atoms with E-state index in [1.165, 1.54) is 6.07 Å². The van der Waals surface area contributed by atoms with Crippen LogP contribution in [0.4, 0.5) is 5.69 Å². The van der Waals surface area contributed by atoms with Crippen LogP contribution in [0.15, 0.2) is 36.4 Å². The number of carbonyl (C=O) groups excluding carboxylic acids is 1. The van der Waals surface area contributed by atoms with Gasteiger partial charge in [0.05, 0.1) is 25.2 Å². The van der Waals surface area contributed by atoms with Gasteiger partial charge in [0.1, 0.15) is 6.54 Å². The number of carbonyl (C=O) groups is 1. The van der Waals surface area contributed by atoms with Gasteiger partial charge in [-0.2, -0.15) is 0 Å². The van der Waals surface area contributed by atoms with Gasteiger partial charge >= 0.3 is 0 Å². The lowest BCUT2D eigenvalue weighted by atomic mass is 10.2. The van der Waals surface area contributed by atoms with E-state index in [-0.39, 0.29) is 19.9 Å². The summed E-state index contributed by atoms with van der Waals surface area (Å²) >= 11 is 0. The highest BCUT2D eigenvalue weighted by molar-refractivity contribution is 7.92. The van der Waals surface area contributed by atoms with E-state index in [9.17, 15) is 13.2 Å². The maximum atomic E-state index is 12.5. The highest BCUT2D eigenvalue weighted by atomic mass is 32.2. The van der Waals surface area contributed by atoms with Gasteiger partial charge in [-0.25, -0.2) is 8.42 Å². The van der Waals surface area contributed by atoms with Crippen LogP contribution in [0.5, 0.6) is 23.0 Å². The molecule has 31 heavy (non-hydrogen) atoms. The van der Waals surface area contributed by atoms with Crippen LogP contribution in [0.25, 0.3) is 0 Å². The second-order valence-electron chi connectivity index (χ2n) is 6.73. The van der Waals surface area contributed by atoms with Gasteiger partial charge in [-0.05, 0) is 43.7 Å². The predicted molar refractivity (Wildman–Crippen MR) is 115 cm³/mol. The van der Waals surface area contributed by atoms with Gasteiger partial charge in [-0.3, -0.25) is 9.10 Å². The minimum Gasteiger partial charge on any atom is -0.490 e. The van der Waals surface area contributed by atoms with Crippen molar-refractivity contribution in [1.82, 2.24) is 5.32 Å². The van der Waals surface area contributed by atoms with Crippen LogP contribution in [0.3, 0.4) is 0 Å². The summed E-state index contributed by atoms with van der Waals surface area (Å²) in [5.74, 6) is 1.74. The van der Waals surface area contributed by atoms with Crippen molar-refractivity contribution in [2.24, 2.45) is 0 Å². The zero-order valence-electron chi connectivity index (χ0n) is 17.7. The average Bonchev–Trinajstić information content (AvgIpc) is 3.19. The van der Waals surface area contributed by atoms with Crippen molar-refractivity contribution in [1.29, 1.82) is 0 Å². The number of sulfonamides is 1. The standard InChI is InChI=1S/C21H26N2O7S/c1-4-27-17-8-6-15(10-19(17)28-5-2)12-22-21(24)13-23(31(3,25)26)16-7-9-18-20(11-16)30-14-29-18/h6-11H,4-5,12-14H2,1-3H3,(H,22,24). The summed E-state index contributed by atoms with van der Waals surface area (Å²) in [6.45, 7) is 4.67. The molecule has 168 valence electrons. The summed E-state index contributed by atoms with van der Waals surface area (Å²) < 4.78 is 47.3. The molecule has 0 fully saturated rings. The summed E-state index contributed by atoms with van der Waals surface area (Å²) in [5, 5.41) is 2.75. The summed E-state index contributed by atoms with van der Waals surface area (Å²) in [7, 11) is -3.70. The summed E-state index contributed by atoms with van der Waals surface area (Å²) in [5.41, 5.74) is 1.12. The molecule has 0 atom stereocenters. The van der Waals surface area contributed by atoms with Crippen molar-refractivity contribution in [3.8, 4) is 23.0 Å². The number of nitrogens with one attached hydrogen (secondary N) is 1. The predicted octanol–water partition coefficient (Wildman–Crippen LogP) is 2.30. The molecule has 0 saturated carbocycles. The van der Waals surface area contributed by atoms with Crippen molar-refractivity contribution >= 4 is 21.6 Å². The first kappa shape index (κ1) is 22.5. The topological polar surface area (TPSA) is 103 Å². The number of ether oxygens (including phenoxy) is 4. The molecular weight excluding hydrogens is 424 g/mol. The summed E-state index contributed by atoms with van der Waals surface area (Å²) in [6, 6.07) is 10.1. The average molecular weight is 451 g/mol. The van der Waals surface area contributed by atoms with E-state index in [1.54, 1.807) is 24.3 Å². The van der Waals surface area contributed by atoms with Gasteiger partial charge in [0.25, 0.3) is 0 Å². The molecule has 2 aromatic rings. The smallest absolute Gasteiger partial charge is 0.241 e. The van der Waals surface area contributed by atoms with Crippen LogP contribution in [0.2, 0.25) is 0 Å². The number of benzene rings is 2. The number of nitrogens with zero attached hydrogens (tertiary/aromatic N) is 1. The van der Waals surface area contributed by atoms with Gasteiger partial charge in [-0.15, -0.1) is 0 Å². The molecular formula is C21H26N2O7S. The van der Waals surface area contributed by atoms with Gasteiger partial charge < -0.3 is 24.3 Å². The van der Waals surface area contributed by atoms with E-state index in [2.05, 4.69) is 5.32 Å². The quantitative estimate of drug-likeness (QED) is 0.592. The second-order valence-corrected chi connectivity index (χ2v) is 8.64. The normalized spacial score (nSPS) is 12.4. The van der Waals surface area contributed by atoms with Gasteiger partial charge in [-0.1, -0.05) is 6.07 Å². The maximum absolute atomic E-state index is 12.5. The molecule has 1 aliphatic rings. The van der Waals surface area contributed by atoms with E-state index < -0.39 is 15.9 Å². The highest BCUT2D eigenvalue weighted by Crippen LogP contribution is 2.36. The molecule has 0 radical (unpaired) electrons. The number of rotatable bonds is 10. The first-order valence-electron chi connectivity index (χ1n) is 9.84. The molecule has 1 N–H and O–H groups in total. The minimum absolute atomic E-state index is 0.0734. The van der Waals surface area contributed by atoms with Crippen molar-refractivity contribution in [2.75, 3.05) is 37.1 Å². The summed E-state index contributed by atoms with van der Waals surface area (Å²) in [6.07, 6.45) is 1.05. The fourth-order valence-electron chi connectivity index (χ4n) is 3.03. The zero-order valence-corrected chi connectivity index (χ0v) is 18.5. The van der Waals surface area contributed by atoms with Crippen LogP contribution < -0.4 is 28.6 Å². The van der Waals surface area contributed by atoms with Crippen molar-refractivity contribution in [3.63, 3.8) is 0 Å². The van der Waals surface area contributed by atoms with Crippen molar-refractivity contribution in [2.45, 2.75) is 20.4 Å². The van der Waals surface area contributed by atoms with Crippen LogP contribution in [0.1, 0.15) is 19.4 Å². The fourth-order valence-corrected chi connectivity index (χ4v) is 3.88. The lowest BCUT2D eigenvalue weighted by molar-refractivity contribution is -0.119. The van der Waals surface area contributed by atoms with Crippen LogP contribution in [-0.4, -0.2) is 47.1 Å². The summed E-state index contributed by atoms with van der Waals surface area (Å²) in [4.78, 5) is 12.5. The van der Waals surface area contributed by atoms with Gasteiger partial charge in [0, 0.05) is 12.6 Å². The highest BCUT2D eigenvalue weighted by Gasteiger charge is 2.23. The molecule has 0 aliphatic carbocycles. The van der Waals surface area contributed by atoms with Crippen LogP contribution in [0, 0.1) is 0 Å². The fraction of sp³-hybridized carbons (Fsp3) is 0.381. The SMILES string of the molecule is CCOc1ccc(CNC(=O)CN(c2ccc3c(c2)OCO3)S(C)(=O)=O)cc1OCC. The first-order valence-corrected chi connectivity index (χ1v) is 11.7. The number of anilines is 1. The minimum atomic E-state index is -3.70. The molecule has 9 nitrogen and oxygen atoms in total. The van der Waals surface area contributed by atoms with E-state index in [1.807, 2.05) is 19.9 Å². The number of hydrogen-bond donors (Lipinski definition) is 1. The Morgan fingerprint density at radius 3 is 2.45 bits per heavy atom. The van der Waals surface area contributed by atoms with Crippen molar-refractivity contribution < 1.29 is 32.2 Å². The molecule has 1 aliphatic heterocycles. The Labute approximate surface area is 181 Å². The van der Waals surface area contributed by atoms with E-state index >= 15 is 0 Å². The maximum Gasteiger partial charge on any atom is 0.241 e.